The van der Waals surface area contributed by atoms with E-state index in [-0.39, 0.29) is 5.57 Å². The van der Waals surface area contributed by atoms with Crippen LogP contribution >= 0.6 is 11.6 Å². The smallest absolute Gasteiger partial charge is 0.266 e. The molecule has 0 fully saturated rings. The summed E-state index contributed by atoms with van der Waals surface area (Å²) >= 11 is 5.84. The van der Waals surface area contributed by atoms with Crippen LogP contribution in [-0.2, 0) is 11.3 Å². The first-order chi connectivity index (χ1) is 12.1. The highest BCUT2D eigenvalue weighted by molar-refractivity contribution is 6.30. The van der Waals surface area contributed by atoms with Crippen LogP contribution in [0.1, 0.15) is 12.5 Å². The summed E-state index contributed by atoms with van der Waals surface area (Å²) in [5, 5.41) is 13.7. The first-order valence-electron chi connectivity index (χ1n) is 7.89. The lowest BCUT2D eigenvalue weighted by atomic mass is 10.1. The Bertz CT molecular complexity index is 994. The molecule has 0 saturated heterocycles. The Morgan fingerprint density at radius 3 is 2.64 bits per heavy atom. The molecule has 3 aromatic rings. The van der Waals surface area contributed by atoms with Gasteiger partial charge in [-0.15, -0.1) is 0 Å². The zero-order chi connectivity index (χ0) is 17.8. The number of nitriles is 1. The molecule has 25 heavy (non-hydrogen) atoms. The van der Waals surface area contributed by atoms with E-state index >= 15 is 0 Å². The minimum atomic E-state index is -0.446. The quantitative estimate of drug-likeness (QED) is 0.540. The molecule has 0 unspecified atom stereocenters. The molecule has 0 saturated carbocycles. The number of nitrogens with one attached hydrogen (secondary N) is 1. The molecule has 0 aliphatic heterocycles. The maximum Gasteiger partial charge on any atom is 0.266 e. The molecule has 4 nitrogen and oxygen atoms in total. The van der Waals surface area contributed by atoms with Crippen molar-refractivity contribution in [1.82, 2.24) is 4.57 Å². The summed E-state index contributed by atoms with van der Waals surface area (Å²) in [6, 6.07) is 16.7. The number of hydrogen-bond acceptors (Lipinski definition) is 2. The van der Waals surface area contributed by atoms with E-state index in [0.29, 0.717) is 10.7 Å². The fraction of sp³-hybridized carbons (Fsp3) is 0.100. The molecular formula is C20H16ClN3O. The Morgan fingerprint density at radius 1 is 1.24 bits per heavy atom. The van der Waals surface area contributed by atoms with Crippen LogP contribution in [-0.4, -0.2) is 10.5 Å². The number of carbonyl (C=O) groups is 1. The third-order valence-electron chi connectivity index (χ3n) is 3.93. The molecular weight excluding hydrogens is 334 g/mol. The van der Waals surface area contributed by atoms with Crippen molar-refractivity contribution >= 4 is 40.2 Å². The van der Waals surface area contributed by atoms with E-state index in [4.69, 9.17) is 11.6 Å². The number of hydrogen-bond donors (Lipinski definition) is 1. The number of nitrogens with zero attached hydrogens (tertiary/aromatic N) is 2. The predicted molar refractivity (Wildman–Crippen MR) is 101 cm³/mol. The van der Waals surface area contributed by atoms with Crippen LogP contribution in [0.5, 0.6) is 0 Å². The van der Waals surface area contributed by atoms with E-state index in [1.54, 1.807) is 30.3 Å². The first kappa shape index (κ1) is 16.8. The lowest BCUT2D eigenvalue weighted by Crippen LogP contribution is -2.13. The molecule has 3 rings (SSSR count). The average Bonchev–Trinajstić information content (AvgIpc) is 2.99. The fourth-order valence-electron chi connectivity index (χ4n) is 2.69. The maximum absolute atomic E-state index is 12.4. The number of anilines is 1. The van der Waals surface area contributed by atoms with Gasteiger partial charge in [0.25, 0.3) is 5.91 Å². The van der Waals surface area contributed by atoms with E-state index in [1.807, 2.05) is 36.5 Å². The van der Waals surface area contributed by atoms with Gasteiger partial charge in [-0.3, -0.25) is 4.79 Å². The molecule has 2 aromatic carbocycles. The molecule has 0 bridgehead atoms. The standard InChI is InChI=1S/C20H16ClN3O/c1-2-24-13-15(18-5-3-4-6-19(18)24)11-14(12-22)20(25)23-17-9-7-16(21)8-10-17/h3-11,13H,2H2,1H3,(H,23,25)/b14-11-. The minimum absolute atomic E-state index is 0.0500. The van der Waals surface area contributed by atoms with Crippen LogP contribution in [0.3, 0.4) is 0 Å². The van der Waals surface area contributed by atoms with Crippen molar-refractivity contribution in [2.45, 2.75) is 13.5 Å². The number of amides is 1. The van der Waals surface area contributed by atoms with Gasteiger partial charge in [-0.25, -0.2) is 0 Å². The summed E-state index contributed by atoms with van der Waals surface area (Å²) in [4.78, 5) is 12.4. The van der Waals surface area contributed by atoms with Gasteiger partial charge in [-0.1, -0.05) is 29.8 Å². The lowest BCUT2D eigenvalue weighted by Gasteiger charge is -2.04. The van der Waals surface area contributed by atoms with Gasteiger partial charge in [-0.2, -0.15) is 5.26 Å². The monoisotopic (exact) mass is 349 g/mol. The number of fused-ring (bicyclic) bond motifs is 1. The molecule has 0 aliphatic carbocycles. The first-order valence-corrected chi connectivity index (χ1v) is 8.26. The lowest BCUT2D eigenvalue weighted by molar-refractivity contribution is -0.112. The van der Waals surface area contributed by atoms with Gasteiger partial charge in [0.2, 0.25) is 0 Å². The van der Waals surface area contributed by atoms with Gasteiger partial charge < -0.3 is 9.88 Å². The second kappa shape index (κ2) is 7.25. The summed E-state index contributed by atoms with van der Waals surface area (Å²) in [5.41, 5.74) is 2.56. The van der Waals surface area contributed by atoms with Crippen molar-refractivity contribution in [1.29, 1.82) is 5.26 Å². The van der Waals surface area contributed by atoms with Gasteiger partial charge >= 0.3 is 0 Å². The van der Waals surface area contributed by atoms with Gasteiger partial charge in [0, 0.05) is 39.9 Å². The highest BCUT2D eigenvalue weighted by Gasteiger charge is 2.12. The number of carbonyl (C=O) groups excluding carboxylic acids is 1. The van der Waals surface area contributed by atoms with Crippen molar-refractivity contribution in [2.75, 3.05) is 5.32 Å². The summed E-state index contributed by atoms with van der Waals surface area (Å²) < 4.78 is 2.09. The Balaban J connectivity index is 1.94. The zero-order valence-electron chi connectivity index (χ0n) is 13.7. The Hall–Kier alpha value is -3.03. The third kappa shape index (κ3) is 3.57. The van der Waals surface area contributed by atoms with E-state index in [2.05, 4.69) is 16.8 Å². The second-order valence-electron chi connectivity index (χ2n) is 5.52. The van der Waals surface area contributed by atoms with E-state index in [1.165, 1.54) is 0 Å². The number of aryl methyl sites for hydroxylation is 1. The predicted octanol–water partition coefficient (Wildman–Crippen LogP) is 4.86. The van der Waals surface area contributed by atoms with Crippen molar-refractivity contribution in [3.63, 3.8) is 0 Å². The number of rotatable bonds is 4. The number of halogens is 1. The zero-order valence-corrected chi connectivity index (χ0v) is 14.4. The van der Waals surface area contributed by atoms with Crippen LogP contribution in [0.15, 0.2) is 60.3 Å². The number of benzene rings is 2. The molecule has 5 heteroatoms. The summed E-state index contributed by atoms with van der Waals surface area (Å²) in [6.45, 7) is 2.87. The van der Waals surface area contributed by atoms with Crippen LogP contribution < -0.4 is 5.32 Å². The maximum atomic E-state index is 12.4. The topological polar surface area (TPSA) is 57.8 Å². The fourth-order valence-corrected chi connectivity index (χ4v) is 2.81. The molecule has 0 aliphatic rings. The van der Waals surface area contributed by atoms with Crippen molar-refractivity contribution in [3.05, 3.63) is 70.9 Å². The van der Waals surface area contributed by atoms with Crippen LogP contribution in [0.25, 0.3) is 17.0 Å². The molecule has 0 spiro atoms. The summed E-state index contributed by atoms with van der Waals surface area (Å²) in [7, 11) is 0. The Morgan fingerprint density at radius 2 is 1.96 bits per heavy atom. The van der Waals surface area contributed by atoms with Crippen molar-refractivity contribution in [3.8, 4) is 6.07 Å². The van der Waals surface area contributed by atoms with Gasteiger partial charge in [0.1, 0.15) is 11.6 Å². The normalized spacial score (nSPS) is 11.3. The van der Waals surface area contributed by atoms with E-state index in [9.17, 15) is 10.1 Å². The highest BCUT2D eigenvalue weighted by atomic mass is 35.5. The van der Waals surface area contributed by atoms with Crippen molar-refractivity contribution in [2.24, 2.45) is 0 Å². The van der Waals surface area contributed by atoms with Crippen LogP contribution in [0.4, 0.5) is 5.69 Å². The molecule has 1 heterocycles. The SMILES string of the molecule is CCn1cc(/C=C(/C#N)C(=O)Nc2ccc(Cl)cc2)c2ccccc21. The number of aromatic nitrogens is 1. The number of para-hydroxylation sites is 1. The molecule has 1 amide bonds. The molecule has 1 aromatic heterocycles. The van der Waals surface area contributed by atoms with Gasteiger partial charge in [-0.05, 0) is 43.3 Å². The Labute approximate surface area is 150 Å². The molecule has 0 atom stereocenters. The largest absolute Gasteiger partial charge is 0.347 e. The second-order valence-corrected chi connectivity index (χ2v) is 5.95. The minimum Gasteiger partial charge on any atom is -0.347 e. The van der Waals surface area contributed by atoms with Crippen LogP contribution in [0.2, 0.25) is 5.02 Å². The third-order valence-corrected chi connectivity index (χ3v) is 4.18. The molecule has 1 N–H and O–H groups in total. The Kier molecular flexibility index (Phi) is 4.87. The van der Waals surface area contributed by atoms with E-state index in [0.717, 1.165) is 23.0 Å². The highest BCUT2D eigenvalue weighted by Crippen LogP contribution is 2.24. The van der Waals surface area contributed by atoms with E-state index < -0.39 is 5.91 Å². The van der Waals surface area contributed by atoms with Gasteiger partial charge in [0.05, 0.1) is 0 Å². The average molecular weight is 350 g/mol. The van der Waals surface area contributed by atoms with Crippen molar-refractivity contribution < 1.29 is 4.79 Å². The summed E-state index contributed by atoms with van der Waals surface area (Å²) in [5.74, 6) is -0.446. The van der Waals surface area contributed by atoms with Crippen LogP contribution in [0, 0.1) is 11.3 Å². The van der Waals surface area contributed by atoms with Gasteiger partial charge in [0.15, 0.2) is 0 Å². The summed E-state index contributed by atoms with van der Waals surface area (Å²) in [6.07, 6.45) is 3.58. The molecule has 124 valence electrons. The molecule has 0 radical (unpaired) electrons.